The monoisotopic (exact) mass is 673 g/mol. The number of carbonyl (C=O) groups excluding carboxylic acids is 4. The van der Waals surface area contributed by atoms with Crippen LogP contribution in [0.4, 0.5) is 10.7 Å². The van der Waals surface area contributed by atoms with E-state index in [2.05, 4.69) is 16.0 Å². The highest BCUT2D eigenvalue weighted by Gasteiger charge is 2.27. The van der Waals surface area contributed by atoms with Gasteiger partial charge in [-0.2, -0.15) is 0 Å². The number of carbonyl (C=O) groups is 4. The molecule has 236 valence electrons. The third-order valence-electron chi connectivity index (χ3n) is 7.08. The molecule has 1 aromatic heterocycles. The van der Waals surface area contributed by atoms with Crippen molar-refractivity contribution in [3.05, 3.63) is 117 Å². The van der Waals surface area contributed by atoms with Gasteiger partial charge in [0, 0.05) is 26.0 Å². The lowest BCUT2D eigenvalue weighted by Crippen LogP contribution is -2.30. The van der Waals surface area contributed by atoms with Gasteiger partial charge in [-0.25, -0.2) is 4.79 Å². The highest BCUT2D eigenvalue weighted by molar-refractivity contribution is 8.00. The van der Waals surface area contributed by atoms with Gasteiger partial charge in [-0.05, 0) is 92.3 Å². The van der Waals surface area contributed by atoms with Crippen molar-refractivity contribution in [3.8, 4) is 0 Å². The number of thioether (sulfide) groups is 1. The normalized spacial score (nSPS) is 12.5. The predicted octanol–water partition coefficient (Wildman–Crippen LogP) is 7.60. The fourth-order valence-corrected chi connectivity index (χ4v) is 7.09. The standard InChI is InChI=1S/C35H32ClN3O5S2/c1-2-44-35(43)31-27-13-6-7-14-29(27)46-34(31)39-30(40)21-45-26-12-8-11-25(20-26)37-33(42)28(19-22-15-17-24(36)18-16-22)38-32(41)23-9-4-3-5-10-23/h3-5,8-12,15-20H,2,6-7,13-14,21H2,1H3,(H,37,42)(H,38,41)(H,39,40)/b28-19+. The maximum Gasteiger partial charge on any atom is 0.341 e. The summed E-state index contributed by atoms with van der Waals surface area (Å²) in [5, 5.41) is 9.58. The highest BCUT2D eigenvalue weighted by Crippen LogP contribution is 2.38. The van der Waals surface area contributed by atoms with E-state index >= 15 is 0 Å². The first kappa shape index (κ1) is 33.0. The zero-order chi connectivity index (χ0) is 32.5. The number of hydrogen-bond acceptors (Lipinski definition) is 7. The Balaban J connectivity index is 1.26. The molecule has 4 aromatic rings. The van der Waals surface area contributed by atoms with Gasteiger partial charge in [-0.15, -0.1) is 23.1 Å². The summed E-state index contributed by atoms with van der Waals surface area (Å²) in [6.07, 6.45) is 5.33. The minimum Gasteiger partial charge on any atom is -0.462 e. The second-order valence-electron chi connectivity index (χ2n) is 10.4. The number of ether oxygens (including phenoxy) is 1. The molecule has 0 atom stereocenters. The zero-order valence-electron chi connectivity index (χ0n) is 25.1. The van der Waals surface area contributed by atoms with Crippen LogP contribution in [0.25, 0.3) is 6.08 Å². The Morgan fingerprint density at radius 2 is 1.70 bits per heavy atom. The molecular weight excluding hydrogens is 642 g/mol. The molecule has 0 fully saturated rings. The second kappa shape index (κ2) is 15.8. The lowest BCUT2D eigenvalue weighted by Gasteiger charge is -2.13. The Morgan fingerprint density at radius 1 is 0.935 bits per heavy atom. The first-order valence-corrected chi connectivity index (χ1v) is 17.0. The molecule has 46 heavy (non-hydrogen) atoms. The van der Waals surface area contributed by atoms with Crippen LogP contribution in [-0.2, 0) is 27.2 Å². The Hall–Kier alpha value is -4.38. The topological polar surface area (TPSA) is 114 Å². The molecule has 1 heterocycles. The molecule has 0 saturated heterocycles. The molecule has 8 nitrogen and oxygen atoms in total. The van der Waals surface area contributed by atoms with Crippen LogP contribution in [0.1, 0.15) is 56.5 Å². The summed E-state index contributed by atoms with van der Waals surface area (Å²) in [7, 11) is 0. The number of nitrogens with one attached hydrogen (secondary N) is 3. The van der Waals surface area contributed by atoms with E-state index in [0.717, 1.165) is 41.0 Å². The number of amides is 3. The van der Waals surface area contributed by atoms with Crippen molar-refractivity contribution in [1.29, 1.82) is 0 Å². The van der Waals surface area contributed by atoms with Crippen molar-refractivity contribution in [3.63, 3.8) is 0 Å². The van der Waals surface area contributed by atoms with E-state index in [1.165, 1.54) is 23.1 Å². The van der Waals surface area contributed by atoms with Crippen molar-refractivity contribution in [2.24, 2.45) is 0 Å². The van der Waals surface area contributed by atoms with Crippen molar-refractivity contribution >= 4 is 75.2 Å². The third-order valence-corrected chi connectivity index (χ3v) is 9.53. The Bertz CT molecular complexity index is 1770. The van der Waals surface area contributed by atoms with Gasteiger partial charge in [-0.3, -0.25) is 14.4 Å². The van der Waals surface area contributed by atoms with Crippen LogP contribution in [0, 0.1) is 0 Å². The van der Waals surface area contributed by atoms with Gasteiger partial charge in [0.25, 0.3) is 11.8 Å². The predicted molar refractivity (Wildman–Crippen MR) is 185 cm³/mol. The summed E-state index contributed by atoms with van der Waals surface area (Å²) < 4.78 is 5.29. The van der Waals surface area contributed by atoms with Gasteiger partial charge in [0.15, 0.2) is 0 Å². The van der Waals surface area contributed by atoms with Crippen LogP contribution >= 0.6 is 34.7 Å². The quantitative estimate of drug-likeness (QED) is 0.0859. The van der Waals surface area contributed by atoms with Crippen molar-refractivity contribution < 1.29 is 23.9 Å². The van der Waals surface area contributed by atoms with Crippen LogP contribution in [0.5, 0.6) is 0 Å². The molecular formula is C35H32ClN3O5S2. The number of benzene rings is 3. The number of fused-ring (bicyclic) bond motifs is 1. The summed E-state index contributed by atoms with van der Waals surface area (Å²) in [6.45, 7) is 2.02. The molecule has 11 heteroatoms. The fourth-order valence-electron chi connectivity index (χ4n) is 4.91. The van der Waals surface area contributed by atoms with Crippen LogP contribution in [-0.4, -0.2) is 36.1 Å². The van der Waals surface area contributed by atoms with Crippen molar-refractivity contribution in [2.75, 3.05) is 23.0 Å². The summed E-state index contributed by atoms with van der Waals surface area (Å²) >= 11 is 8.77. The molecule has 0 bridgehead atoms. The maximum absolute atomic E-state index is 13.4. The van der Waals surface area contributed by atoms with E-state index in [0.29, 0.717) is 32.4 Å². The molecule has 5 rings (SSSR count). The number of esters is 1. The summed E-state index contributed by atoms with van der Waals surface area (Å²) in [4.78, 5) is 54.0. The Morgan fingerprint density at radius 3 is 2.46 bits per heavy atom. The zero-order valence-corrected chi connectivity index (χ0v) is 27.5. The minimum absolute atomic E-state index is 0.0460. The number of halogens is 1. The van der Waals surface area contributed by atoms with Gasteiger partial charge in [-0.1, -0.05) is 48.0 Å². The number of aryl methyl sites for hydroxylation is 1. The van der Waals surface area contributed by atoms with Gasteiger partial charge < -0.3 is 20.7 Å². The number of anilines is 2. The average Bonchev–Trinajstić information content (AvgIpc) is 3.43. The van der Waals surface area contributed by atoms with E-state index in [1.807, 2.05) is 6.07 Å². The molecule has 3 N–H and O–H groups in total. The fraction of sp³-hybridized carbons (Fsp3) is 0.200. The molecule has 1 aliphatic rings. The van der Waals surface area contributed by atoms with Gasteiger partial charge >= 0.3 is 5.97 Å². The number of thiophene rings is 1. The van der Waals surface area contributed by atoms with Gasteiger partial charge in [0.2, 0.25) is 5.91 Å². The van der Waals surface area contributed by atoms with Crippen molar-refractivity contribution in [2.45, 2.75) is 37.5 Å². The first-order chi connectivity index (χ1) is 22.3. The average molecular weight is 674 g/mol. The second-order valence-corrected chi connectivity index (χ2v) is 13.0. The maximum atomic E-state index is 13.4. The lowest BCUT2D eigenvalue weighted by molar-refractivity contribution is -0.114. The Kier molecular flexibility index (Phi) is 11.3. The molecule has 0 radical (unpaired) electrons. The van der Waals surface area contributed by atoms with E-state index < -0.39 is 17.8 Å². The lowest BCUT2D eigenvalue weighted by atomic mass is 9.95. The van der Waals surface area contributed by atoms with Gasteiger partial charge in [0.05, 0.1) is 17.9 Å². The Labute approximate surface area is 280 Å². The summed E-state index contributed by atoms with van der Waals surface area (Å²) in [5.41, 5.74) is 3.09. The number of hydrogen-bond donors (Lipinski definition) is 3. The molecule has 1 aliphatic carbocycles. The smallest absolute Gasteiger partial charge is 0.341 e. The van der Waals surface area contributed by atoms with E-state index in [-0.39, 0.29) is 24.0 Å². The molecule has 3 amide bonds. The molecule has 0 spiro atoms. The molecule has 0 unspecified atom stereocenters. The van der Waals surface area contributed by atoms with E-state index in [1.54, 1.807) is 85.8 Å². The molecule has 0 aliphatic heterocycles. The van der Waals surface area contributed by atoms with Crippen LogP contribution < -0.4 is 16.0 Å². The van der Waals surface area contributed by atoms with Crippen LogP contribution in [0.15, 0.2) is 89.5 Å². The molecule has 3 aromatic carbocycles. The largest absolute Gasteiger partial charge is 0.462 e. The highest BCUT2D eigenvalue weighted by atomic mass is 35.5. The van der Waals surface area contributed by atoms with Crippen LogP contribution in [0.3, 0.4) is 0 Å². The van der Waals surface area contributed by atoms with E-state index in [4.69, 9.17) is 16.3 Å². The minimum atomic E-state index is -0.521. The summed E-state index contributed by atoms with van der Waals surface area (Å²) in [5.74, 6) is -1.51. The van der Waals surface area contributed by atoms with E-state index in [9.17, 15) is 19.2 Å². The third kappa shape index (κ3) is 8.66. The van der Waals surface area contributed by atoms with Crippen LogP contribution in [0.2, 0.25) is 5.02 Å². The van der Waals surface area contributed by atoms with Gasteiger partial charge in [0.1, 0.15) is 10.7 Å². The van der Waals surface area contributed by atoms with Crippen molar-refractivity contribution in [1.82, 2.24) is 5.32 Å². The number of rotatable bonds is 11. The SMILES string of the molecule is CCOC(=O)c1c(NC(=O)CSc2cccc(NC(=O)/C(=C\c3ccc(Cl)cc3)NC(=O)c3ccccc3)c2)sc2c1CCCC2. The summed E-state index contributed by atoms with van der Waals surface area (Å²) in [6, 6.07) is 22.6. The molecule has 0 saturated carbocycles. The first-order valence-electron chi connectivity index (χ1n) is 14.8.